The zero-order valence-electron chi connectivity index (χ0n) is 25.0. The number of hydrogen-bond donors (Lipinski definition) is 1. The number of hydrogen-bond acceptors (Lipinski definition) is 9. The van der Waals surface area contributed by atoms with Crippen LogP contribution in [0.25, 0.3) is 5.69 Å². The monoisotopic (exact) mass is 609 g/mol. The van der Waals surface area contributed by atoms with E-state index >= 15 is 0 Å². The summed E-state index contributed by atoms with van der Waals surface area (Å²) in [7, 11) is 1.60. The number of nitrogens with one attached hydrogen (secondary N) is 1. The van der Waals surface area contributed by atoms with Gasteiger partial charge in [0.15, 0.2) is 11.5 Å². The van der Waals surface area contributed by atoms with E-state index in [1.807, 2.05) is 77.7 Å². The van der Waals surface area contributed by atoms with Gasteiger partial charge in [0.05, 0.1) is 38.1 Å². The van der Waals surface area contributed by atoms with Crippen LogP contribution in [0.15, 0.2) is 72.8 Å². The highest BCUT2D eigenvalue weighted by atomic mass is 16.5. The normalized spacial score (nSPS) is 20.9. The highest BCUT2D eigenvalue weighted by Gasteiger charge is 2.39. The first kappa shape index (κ1) is 28.8. The van der Waals surface area contributed by atoms with Crippen LogP contribution in [0.4, 0.5) is 5.95 Å². The van der Waals surface area contributed by atoms with Crippen LogP contribution >= 0.6 is 0 Å². The first-order chi connectivity index (χ1) is 22.0. The molecular weight excluding hydrogens is 574 g/mol. The van der Waals surface area contributed by atoms with Crippen molar-refractivity contribution in [2.24, 2.45) is 0 Å². The summed E-state index contributed by atoms with van der Waals surface area (Å²) < 4.78 is 20.0. The van der Waals surface area contributed by atoms with E-state index in [1.54, 1.807) is 16.7 Å². The van der Waals surface area contributed by atoms with Gasteiger partial charge in [0.1, 0.15) is 5.75 Å². The average Bonchev–Trinajstić information content (AvgIpc) is 3.64. The Hall–Kier alpha value is -4.97. The first-order valence-electron chi connectivity index (χ1n) is 15.3. The second kappa shape index (κ2) is 12.6. The predicted octanol–water partition coefficient (Wildman–Crippen LogP) is 3.29. The van der Waals surface area contributed by atoms with Crippen LogP contribution in [0, 0.1) is 0 Å². The number of ether oxygens (including phenoxy) is 3. The Morgan fingerprint density at radius 2 is 1.80 bits per heavy atom. The Morgan fingerprint density at radius 3 is 2.62 bits per heavy atom. The molecule has 4 aliphatic rings. The standard InChI is InChI=1S/C33H35N7O5/c1-43-29-17-22-10-14-28(29)45-26-9-5-6-23(16-26)21-44-30-19-38(33-35-36-37-40(33)25-7-3-2-4-8-25)18-27(30)34-31(41)20-39(24-12-13-24)32(42)15-11-22/h2-10,14,16-17,24,27,30H,11-13,15,18-21H2,1H3,(H,34,41)/t27-,30-/m0/s1. The number of rotatable bonds is 4. The van der Waals surface area contributed by atoms with E-state index in [0.717, 1.165) is 29.7 Å². The van der Waals surface area contributed by atoms with Gasteiger partial charge in [-0.1, -0.05) is 41.5 Å². The zero-order chi connectivity index (χ0) is 30.8. The summed E-state index contributed by atoms with van der Waals surface area (Å²) >= 11 is 0. The van der Waals surface area contributed by atoms with Gasteiger partial charge in [0.2, 0.25) is 11.8 Å². The van der Waals surface area contributed by atoms with Gasteiger partial charge in [-0.2, -0.15) is 4.68 Å². The minimum Gasteiger partial charge on any atom is -0.493 e. The highest BCUT2D eigenvalue weighted by molar-refractivity contribution is 5.85. The predicted molar refractivity (Wildman–Crippen MR) is 164 cm³/mol. The van der Waals surface area contributed by atoms with Gasteiger partial charge in [-0.05, 0) is 77.2 Å². The van der Waals surface area contributed by atoms with E-state index in [4.69, 9.17) is 14.2 Å². The Kier molecular flexibility index (Phi) is 8.04. The molecule has 3 aromatic carbocycles. The van der Waals surface area contributed by atoms with Gasteiger partial charge < -0.3 is 29.3 Å². The topological polar surface area (TPSA) is 124 Å². The lowest BCUT2D eigenvalue weighted by molar-refractivity contribution is -0.137. The molecule has 1 saturated carbocycles. The van der Waals surface area contributed by atoms with Gasteiger partial charge in [-0.25, -0.2) is 0 Å². The van der Waals surface area contributed by atoms with Crippen molar-refractivity contribution in [2.75, 3.05) is 31.6 Å². The summed E-state index contributed by atoms with van der Waals surface area (Å²) in [6.07, 6.45) is 2.27. The van der Waals surface area contributed by atoms with E-state index in [0.29, 0.717) is 55.7 Å². The van der Waals surface area contributed by atoms with Crippen LogP contribution in [-0.4, -0.2) is 81.9 Å². The lowest BCUT2D eigenvalue weighted by atomic mass is 10.1. The summed E-state index contributed by atoms with van der Waals surface area (Å²) in [5.74, 6) is 2.13. The van der Waals surface area contributed by atoms with Crippen LogP contribution in [0.1, 0.15) is 30.4 Å². The molecule has 4 aromatic rings. The summed E-state index contributed by atoms with van der Waals surface area (Å²) in [5, 5.41) is 15.6. The maximum atomic E-state index is 13.5. The molecule has 1 N–H and O–H groups in total. The van der Waals surface area contributed by atoms with Crippen molar-refractivity contribution in [3.05, 3.63) is 83.9 Å². The van der Waals surface area contributed by atoms with Crippen molar-refractivity contribution < 1.29 is 23.8 Å². The van der Waals surface area contributed by atoms with E-state index in [2.05, 4.69) is 20.8 Å². The maximum Gasteiger partial charge on any atom is 0.250 e. The largest absolute Gasteiger partial charge is 0.493 e. The third-order valence-corrected chi connectivity index (χ3v) is 8.42. The number of amides is 2. The Bertz CT molecular complexity index is 1670. The van der Waals surface area contributed by atoms with Crippen LogP contribution in [-0.2, 0) is 27.4 Å². The second-order valence-electron chi connectivity index (χ2n) is 11.6. The highest BCUT2D eigenvalue weighted by Crippen LogP contribution is 2.34. The van der Waals surface area contributed by atoms with E-state index in [1.165, 1.54) is 0 Å². The fraction of sp³-hybridized carbons (Fsp3) is 0.364. The van der Waals surface area contributed by atoms with E-state index in [9.17, 15) is 9.59 Å². The lowest BCUT2D eigenvalue weighted by Crippen LogP contribution is -2.49. The van der Waals surface area contributed by atoms with Crippen LogP contribution in [0.2, 0.25) is 0 Å². The summed E-state index contributed by atoms with van der Waals surface area (Å²) in [6, 6.07) is 22.8. The Labute approximate surface area is 260 Å². The zero-order valence-corrected chi connectivity index (χ0v) is 25.0. The molecule has 3 aliphatic heterocycles. The van der Waals surface area contributed by atoms with E-state index < -0.39 is 0 Å². The van der Waals surface area contributed by atoms with Crippen LogP contribution in [0.5, 0.6) is 17.2 Å². The van der Waals surface area contributed by atoms with Crippen LogP contribution in [0.3, 0.4) is 0 Å². The molecule has 1 aromatic heterocycles. The smallest absolute Gasteiger partial charge is 0.250 e. The Balaban J connectivity index is 1.17. The molecule has 2 amide bonds. The van der Waals surface area contributed by atoms with Gasteiger partial charge >= 0.3 is 0 Å². The minimum absolute atomic E-state index is 0.00657. The van der Waals surface area contributed by atoms with E-state index in [-0.39, 0.29) is 36.5 Å². The number of carbonyl (C=O) groups is 2. The number of aromatic nitrogens is 4. The average molecular weight is 610 g/mol. The molecule has 0 radical (unpaired) electrons. The summed E-state index contributed by atoms with van der Waals surface area (Å²) in [5.41, 5.74) is 2.71. The molecule has 0 unspecified atom stereocenters. The number of aryl methyl sites for hydroxylation is 1. The number of carbonyl (C=O) groups excluding carboxylic acids is 2. The second-order valence-corrected chi connectivity index (χ2v) is 11.6. The molecule has 1 saturated heterocycles. The molecule has 12 nitrogen and oxygen atoms in total. The van der Waals surface area contributed by atoms with Gasteiger partial charge in [0, 0.05) is 25.6 Å². The molecule has 232 valence electrons. The maximum absolute atomic E-state index is 13.5. The van der Waals surface area contributed by atoms with Crippen molar-refractivity contribution in [3.8, 4) is 22.9 Å². The molecule has 2 fully saturated rings. The summed E-state index contributed by atoms with van der Waals surface area (Å²) in [6.45, 7) is 1.21. The van der Waals surface area contributed by atoms with Crippen LogP contribution < -0.4 is 19.7 Å². The van der Waals surface area contributed by atoms with Crippen molar-refractivity contribution >= 4 is 17.8 Å². The lowest BCUT2D eigenvalue weighted by Gasteiger charge is -2.25. The number of benzene rings is 3. The molecule has 4 heterocycles. The molecule has 0 spiro atoms. The number of nitrogens with zero attached hydrogens (tertiary/aromatic N) is 6. The molecular formula is C33H35N7O5. The van der Waals surface area contributed by atoms with Crippen molar-refractivity contribution in [3.63, 3.8) is 0 Å². The quantitative estimate of drug-likeness (QED) is 0.371. The van der Waals surface area contributed by atoms with Crippen molar-refractivity contribution in [1.82, 2.24) is 30.4 Å². The molecule has 45 heavy (non-hydrogen) atoms. The SMILES string of the molecule is COc1cc2ccc1Oc1cccc(c1)CO[C@H]1CN(c3nnnn3-c3ccccc3)C[C@@H]1NC(=O)CN(C1CC1)C(=O)CC2. The molecule has 12 heteroatoms. The van der Waals surface area contributed by atoms with Gasteiger partial charge in [-0.15, -0.1) is 0 Å². The number of fused-ring (bicyclic) bond motifs is 9. The minimum atomic E-state index is -0.362. The Morgan fingerprint density at radius 1 is 0.933 bits per heavy atom. The fourth-order valence-electron chi connectivity index (χ4n) is 5.95. The fourth-order valence-corrected chi connectivity index (χ4v) is 5.95. The molecule has 8 rings (SSSR count). The molecule has 4 bridgehead atoms. The molecule has 2 atom stereocenters. The number of anilines is 1. The number of para-hydroxylation sites is 1. The van der Waals surface area contributed by atoms with Gasteiger partial charge in [-0.3, -0.25) is 9.59 Å². The number of methoxy groups -OCH3 is 1. The van der Waals surface area contributed by atoms with Crippen molar-refractivity contribution in [2.45, 2.75) is 50.5 Å². The van der Waals surface area contributed by atoms with Gasteiger partial charge in [0.25, 0.3) is 5.95 Å². The molecule has 1 aliphatic carbocycles. The van der Waals surface area contributed by atoms with Crippen molar-refractivity contribution in [1.29, 1.82) is 0 Å². The third kappa shape index (κ3) is 6.46. The summed E-state index contributed by atoms with van der Waals surface area (Å²) in [4.78, 5) is 30.6. The third-order valence-electron chi connectivity index (χ3n) is 8.42. The first-order valence-corrected chi connectivity index (χ1v) is 15.3. The number of tetrazole rings is 1.